The Morgan fingerprint density at radius 3 is 2.43 bits per heavy atom. The molecule has 2 rings (SSSR count). The summed E-state index contributed by atoms with van der Waals surface area (Å²) in [5.74, 6) is 0.0915. The predicted octanol–water partition coefficient (Wildman–Crippen LogP) is 2.46. The lowest BCUT2D eigenvalue weighted by Crippen LogP contribution is -2.50. The van der Waals surface area contributed by atoms with Crippen molar-refractivity contribution in [2.75, 3.05) is 37.7 Å². The van der Waals surface area contributed by atoms with Gasteiger partial charge in [0.1, 0.15) is 6.61 Å². The van der Waals surface area contributed by atoms with Crippen molar-refractivity contribution in [3.63, 3.8) is 0 Å². The molecule has 1 amide bonds. The average Bonchev–Trinajstić information content (AvgIpc) is 2.44. The van der Waals surface area contributed by atoms with Crippen molar-refractivity contribution in [1.29, 1.82) is 0 Å². The molecule has 0 radical (unpaired) electrons. The second-order valence-corrected chi connectivity index (χ2v) is 6.61. The maximum Gasteiger partial charge on any atom is 0.248 e. The van der Waals surface area contributed by atoms with Gasteiger partial charge in [0.2, 0.25) is 5.91 Å². The van der Waals surface area contributed by atoms with Gasteiger partial charge in [0, 0.05) is 31.9 Å². The first kappa shape index (κ1) is 15.8. The van der Waals surface area contributed by atoms with E-state index in [1.54, 1.807) is 0 Å². The second kappa shape index (κ2) is 6.48. The van der Waals surface area contributed by atoms with E-state index >= 15 is 0 Å². The number of anilines is 1. The molecular weight excluding hydrogens is 264 g/mol. The summed E-state index contributed by atoms with van der Waals surface area (Å²) >= 11 is 0. The number of nitrogens with zero attached hydrogens (tertiary/aromatic N) is 2. The zero-order valence-corrected chi connectivity index (χ0v) is 13.6. The summed E-state index contributed by atoms with van der Waals surface area (Å²) in [6.07, 6.45) is 0. The fourth-order valence-electron chi connectivity index (χ4n) is 2.41. The van der Waals surface area contributed by atoms with E-state index in [1.807, 2.05) is 25.7 Å². The molecular formula is C17H26N2O2. The standard InChI is InChI=1S/C17H26N2O2/c1-14-6-5-7-15(12-14)18-8-10-19(11-9-18)16(20)13-21-17(2,3)4/h5-7,12H,8-11,13H2,1-4H3. The van der Waals surface area contributed by atoms with Crippen LogP contribution in [0, 0.1) is 6.92 Å². The SMILES string of the molecule is Cc1cccc(N2CCN(C(=O)COC(C)(C)C)CC2)c1. The molecule has 0 N–H and O–H groups in total. The number of benzene rings is 1. The highest BCUT2D eigenvalue weighted by atomic mass is 16.5. The normalized spacial score (nSPS) is 16.2. The molecule has 1 fully saturated rings. The van der Waals surface area contributed by atoms with Crippen LogP contribution < -0.4 is 4.90 Å². The molecule has 0 aliphatic carbocycles. The van der Waals surface area contributed by atoms with E-state index < -0.39 is 0 Å². The lowest BCUT2D eigenvalue weighted by atomic mass is 10.2. The van der Waals surface area contributed by atoms with Crippen molar-refractivity contribution in [3.05, 3.63) is 29.8 Å². The van der Waals surface area contributed by atoms with Crippen LogP contribution >= 0.6 is 0 Å². The number of carbonyl (C=O) groups is 1. The molecule has 1 heterocycles. The van der Waals surface area contributed by atoms with Gasteiger partial charge < -0.3 is 14.5 Å². The van der Waals surface area contributed by atoms with E-state index in [0.29, 0.717) is 0 Å². The highest BCUT2D eigenvalue weighted by Gasteiger charge is 2.22. The van der Waals surface area contributed by atoms with Crippen LogP contribution in [0.1, 0.15) is 26.3 Å². The zero-order chi connectivity index (χ0) is 15.5. The Morgan fingerprint density at radius 1 is 1.19 bits per heavy atom. The third-order valence-electron chi connectivity index (χ3n) is 3.63. The van der Waals surface area contributed by atoms with Gasteiger partial charge in [0.15, 0.2) is 0 Å². The summed E-state index contributed by atoms with van der Waals surface area (Å²) in [5.41, 5.74) is 2.25. The van der Waals surface area contributed by atoms with Crippen LogP contribution in [0.4, 0.5) is 5.69 Å². The lowest BCUT2D eigenvalue weighted by molar-refractivity contribution is -0.141. The number of rotatable bonds is 3. The summed E-state index contributed by atoms with van der Waals surface area (Å²) in [6.45, 7) is 11.5. The second-order valence-electron chi connectivity index (χ2n) is 6.61. The molecule has 0 aromatic heterocycles. The molecule has 4 nitrogen and oxygen atoms in total. The van der Waals surface area contributed by atoms with Gasteiger partial charge in [0.25, 0.3) is 0 Å². The Bertz CT molecular complexity index is 486. The fourth-order valence-corrected chi connectivity index (χ4v) is 2.41. The van der Waals surface area contributed by atoms with Crippen molar-refractivity contribution in [1.82, 2.24) is 4.90 Å². The molecule has 0 bridgehead atoms. The van der Waals surface area contributed by atoms with Gasteiger partial charge in [-0.2, -0.15) is 0 Å². The molecule has 1 saturated heterocycles. The van der Waals surface area contributed by atoms with Crippen LogP contribution in [-0.2, 0) is 9.53 Å². The first-order chi connectivity index (χ1) is 9.85. The highest BCUT2D eigenvalue weighted by molar-refractivity contribution is 5.77. The molecule has 0 spiro atoms. The van der Waals surface area contributed by atoms with Crippen molar-refractivity contribution in [2.45, 2.75) is 33.3 Å². The maximum atomic E-state index is 12.1. The van der Waals surface area contributed by atoms with E-state index in [0.717, 1.165) is 26.2 Å². The van der Waals surface area contributed by atoms with Crippen LogP contribution in [0.25, 0.3) is 0 Å². The number of piperazine rings is 1. The quantitative estimate of drug-likeness (QED) is 0.857. The van der Waals surface area contributed by atoms with E-state index in [-0.39, 0.29) is 18.1 Å². The Morgan fingerprint density at radius 2 is 1.86 bits per heavy atom. The van der Waals surface area contributed by atoms with Gasteiger partial charge in [0.05, 0.1) is 5.60 Å². The Hall–Kier alpha value is -1.55. The smallest absolute Gasteiger partial charge is 0.248 e. The summed E-state index contributed by atoms with van der Waals surface area (Å²) in [6, 6.07) is 8.51. The first-order valence-electron chi connectivity index (χ1n) is 7.58. The molecule has 4 heteroatoms. The van der Waals surface area contributed by atoms with Gasteiger partial charge in [-0.1, -0.05) is 12.1 Å². The number of hydrogen-bond donors (Lipinski definition) is 0. The largest absolute Gasteiger partial charge is 0.368 e. The highest BCUT2D eigenvalue weighted by Crippen LogP contribution is 2.18. The molecule has 1 aromatic carbocycles. The monoisotopic (exact) mass is 290 g/mol. The van der Waals surface area contributed by atoms with Gasteiger partial charge in [-0.3, -0.25) is 4.79 Å². The molecule has 116 valence electrons. The van der Waals surface area contributed by atoms with E-state index in [4.69, 9.17) is 4.74 Å². The minimum Gasteiger partial charge on any atom is -0.368 e. The van der Waals surface area contributed by atoms with E-state index in [9.17, 15) is 4.79 Å². The molecule has 0 unspecified atom stereocenters. The molecule has 21 heavy (non-hydrogen) atoms. The van der Waals surface area contributed by atoms with E-state index in [1.165, 1.54) is 11.3 Å². The number of hydrogen-bond acceptors (Lipinski definition) is 3. The number of ether oxygens (including phenoxy) is 1. The predicted molar refractivity (Wildman–Crippen MR) is 85.7 cm³/mol. The Labute approximate surface area is 127 Å². The van der Waals surface area contributed by atoms with Gasteiger partial charge >= 0.3 is 0 Å². The Kier molecular flexibility index (Phi) is 4.88. The Balaban J connectivity index is 1.84. The fraction of sp³-hybridized carbons (Fsp3) is 0.588. The molecule has 1 aliphatic rings. The van der Waals surface area contributed by atoms with Gasteiger partial charge in [-0.15, -0.1) is 0 Å². The van der Waals surface area contributed by atoms with Crippen LogP contribution in [0.2, 0.25) is 0 Å². The van der Waals surface area contributed by atoms with Crippen molar-refractivity contribution >= 4 is 11.6 Å². The van der Waals surface area contributed by atoms with E-state index in [2.05, 4.69) is 36.1 Å². The topological polar surface area (TPSA) is 32.8 Å². The van der Waals surface area contributed by atoms with Crippen LogP contribution in [0.15, 0.2) is 24.3 Å². The minimum atomic E-state index is -0.265. The minimum absolute atomic E-state index is 0.0915. The summed E-state index contributed by atoms with van der Waals surface area (Å²) < 4.78 is 5.57. The molecule has 0 atom stereocenters. The molecule has 0 saturated carbocycles. The summed E-state index contributed by atoms with van der Waals surface area (Å²) in [5, 5.41) is 0. The van der Waals surface area contributed by atoms with Crippen molar-refractivity contribution in [3.8, 4) is 0 Å². The number of aryl methyl sites for hydroxylation is 1. The summed E-state index contributed by atoms with van der Waals surface area (Å²) in [7, 11) is 0. The van der Waals surface area contributed by atoms with Crippen LogP contribution in [-0.4, -0.2) is 49.2 Å². The van der Waals surface area contributed by atoms with Gasteiger partial charge in [-0.05, 0) is 45.4 Å². The molecule has 1 aromatic rings. The van der Waals surface area contributed by atoms with Crippen molar-refractivity contribution in [2.24, 2.45) is 0 Å². The van der Waals surface area contributed by atoms with Gasteiger partial charge in [-0.25, -0.2) is 0 Å². The number of carbonyl (C=O) groups excluding carboxylic acids is 1. The lowest BCUT2D eigenvalue weighted by Gasteiger charge is -2.36. The van der Waals surface area contributed by atoms with Crippen LogP contribution in [0.5, 0.6) is 0 Å². The number of amides is 1. The maximum absolute atomic E-state index is 12.1. The first-order valence-corrected chi connectivity index (χ1v) is 7.58. The van der Waals surface area contributed by atoms with Crippen LogP contribution in [0.3, 0.4) is 0 Å². The summed E-state index contributed by atoms with van der Waals surface area (Å²) in [4.78, 5) is 16.4. The van der Waals surface area contributed by atoms with Crippen molar-refractivity contribution < 1.29 is 9.53 Å². The molecule has 1 aliphatic heterocycles. The zero-order valence-electron chi connectivity index (χ0n) is 13.6. The average molecular weight is 290 g/mol. The third-order valence-corrected chi connectivity index (χ3v) is 3.63. The third kappa shape index (κ3) is 4.74.